The highest BCUT2D eigenvalue weighted by molar-refractivity contribution is 9.10. The number of hydrogen-bond donors (Lipinski definition) is 1. The highest BCUT2D eigenvalue weighted by atomic mass is 79.9. The van der Waals surface area contributed by atoms with Crippen LogP contribution < -0.4 is 4.74 Å². The lowest BCUT2D eigenvalue weighted by Crippen LogP contribution is -1.92. The van der Waals surface area contributed by atoms with Gasteiger partial charge >= 0.3 is 5.97 Å². The Hall–Kier alpha value is -1.89. The highest BCUT2D eigenvalue weighted by Gasteiger charge is 2.17. The molecule has 0 spiro atoms. The van der Waals surface area contributed by atoms with Crippen LogP contribution in [0.25, 0.3) is 11.3 Å². The van der Waals surface area contributed by atoms with E-state index in [1.54, 1.807) is 0 Å². The second-order valence-electron chi connectivity index (χ2n) is 3.35. The van der Waals surface area contributed by atoms with Crippen molar-refractivity contribution in [2.75, 3.05) is 7.11 Å². The Bertz CT molecular complexity index is 611. The van der Waals surface area contributed by atoms with Crippen LogP contribution in [0, 0.1) is 5.82 Å². The van der Waals surface area contributed by atoms with E-state index >= 15 is 0 Å². The van der Waals surface area contributed by atoms with Crippen LogP contribution in [0.4, 0.5) is 4.39 Å². The number of aromatic carboxylic acids is 1. The Kier molecular flexibility index (Phi) is 3.33. The van der Waals surface area contributed by atoms with E-state index in [0.29, 0.717) is 5.56 Å². The van der Waals surface area contributed by atoms with Crippen LogP contribution in [0.15, 0.2) is 27.2 Å². The third kappa shape index (κ3) is 2.21. The van der Waals surface area contributed by atoms with Gasteiger partial charge in [0.25, 0.3) is 0 Å². The van der Waals surface area contributed by atoms with Crippen molar-refractivity contribution in [1.29, 1.82) is 0 Å². The molecule has 94 valence electrons. The summed E-state index contributed by atoms with van der Waals surface area (Å²) in [6, 6.07) is 3.86. The molecule has 0 atom stereocenters. The summed E-state index contributed by atoms with van der Waals surface area (Å²) in [7, 11) is 1.38. The molecule has 5 nitrogen and oxygen atoms in total. The molecule has 0 fully saturated rings. The topological polar surface area (TPSA) is 72.6 Å². The average Bonchev–Trinajstić information content (AvgIpc) is 2.81. The molecule has 0 radical (unpaired) electrons. The Labute approximate surface area is 109 Å². The normalized spacial score (nSPS) is 10.4. The molecule has 1 N–H and O–H groups in total. The fraction of sp³-hybridized carbons (Fsp3) is 0.0909. The molecule has 0 aliphatic rings. The summed E-state index contributed by atoms with van der Waals surface area (Å²) in [5.74, 6) is -1.78. The van der Waals surface area contributed by atoms with Gasteiger partial charge in [0.15, 0.2) is 0 Å². The Morgan fingerprint density at radius 3 is 2.78 bits per heavy atom. The zero-order valence-corrected chi connectivity index (χ0v) is 10.7. The van der Waals surface area contributed by atoms with Crippen LogP contribution >= 0.6 is 15.9 Å². The van der Waals surface area contributed by atoms with E-state index in [9.17, 15) is 9.18 Å². The predicted octanol–water partition coefficient (Wildman–Crippen LogP) is 2.95. The zero-order valence-electron chi connectivity index (χ0n) is 9.11. The van der Waals surface area contributed by atoms with Gasteiger partial charge in [0.1, 0.15) is 17.3 Å². The number of rotatable bonds is 3. The van der Waals surface area contributed by atoms with E-state index in [1.807, 2.05) is 0 Å². The van der Waals surface area contributed by atoms with Crippen LogP contribution in [-0.4, -0.2) is 23.3 Å². The Balaban J connectivity index is 2.55. The first-order valence-corrected chi connectivity index (χ1v) is 5.55. The number of nitrogens with zero attached hydrogens (tertiary/aromatic N) is 1. The first kappa shape index (κ1) is 12.6. The van der Waals surface area contributed by atoms with E-state index in [4.69, 9.17) is 9.84 Å². The van der Waals surface area contributed by atoms with Gasteiger partial charge in [-0.2, -0.15) is 0 Å². The molecule has 0 bridgehead atoms. The van der Waals surface area contributed by atoms with Crippen LogP contribution in [-0.2, 0) is 0 Å². The summed E-state index contributed by atoms with van der Waals surface area (Å²) in [6.45, 7) is 0. The van der Waals surface area contributed by atoms with Gasteiger partial charge in [-0.15, -0.1) is 0 Å². The van der Waals surface area contributed by atoms with Gasteiger partial charge in [0.2, 0.25) is 5.76 Å². The molecular weight excluding hydrogens is 309 g/mol. The fourth-order valence-corrected chi connectivity index (χ4v) is 1.74. The molecule has 2 aromatic rings. The number of benzene rings is 1. The molecule has 1 aromatic carbocycles. The summed E-state index contributed by atoms with van der Waals surface area (Å²) < 4.78 is 23.2. The van der Waals surface area contributed by atoms with Crippen molar-refractivity contribution in [3.63, 3.8) is 0 Å². The lowest BCUT2D eigenvalue weighted by Gasteiger charge is -2.06. The molecule has 1 aromatic heterocycles. The zero-order chi connectivity index (χ0) is 13.3. The first-order valence-electron chi connectivity index (χ1n) is 4.76. The summed E-state index contributed by atoms with van der Waals surface area (Å²) in [5, 5.41) is 12.3. The second-order valence-corrected chi connectivity index (χ2v) is 4.20. The average molecular weight is 316 g/mol. The number of carbonyl (C=O) groups is 1. The van der Waals surface area contributed by atoms with Crippen molar-refractivity contribution in [2.45, 2.75) is 0 Å². The molecular formula is C11H7BrFNO4. The Morgan fingerprint density at radius 2 is 2.22 bits per heavy atom. The minimum Gasteiger partial charge on any atom is -0.496 e. The van der Waals surface area contributed by atoms with E-state index < -0.39 is 11.8 Å². The summed E-state index contributed by atoms with van der Waals surface area (Å²) in [6.07, 6.45) is 0. The minimum absolute atomic E-state index is 0.221. The molecule has 0 amide bonds. The molecule has 0 saturated heterocycles. The number of carboxylic acid groups (broad SMARTS) is 1. The molecule has 2 rings (SSSR count). The Morgan fingerprint density at radius 1 is 1.50 bits per heavy atom. The minimum atomic E-state index is -1.23. The molecule has 0 aliphatic heterocycles. The largest absolute Gasteiger partial charge is 0.496 e. The van der Waals surface area contributed by atoms with Crippen molar-refractivity contribution in [3.8, 4) is 17.0 Å². The third-order valence-electron chi connectivity index (χ3n) is 2.24. The SMILES string of the molecule is COc1cc(F)c(Br)cc1-c1cc(C(=O)O)on1. The number of hydrogen-bond acceptors (Lipinski definition) is 4. The van der Waals surface area contributed by atoms with Gasteiger partial charge in [0.05, 0.1) is 11.6 Å². The lowest BCUT2D eigenvalue weighted by atomic mass is 10.1. The van der Waals surface area contributed by atoms with Crippen molar-refractivity contribution in [2.24, 2.45) is 0 Å². The third-order valence-corrected chi connectivity index (χ3v) is 2.85. The number of carboxylic acids is 1. The van der Waals surface area contributed by atoms with Crippen LogP contribution in [0.1, 0.15) is 10.6 Å². The van der Waals surface area contributed by atoms with Crippen LogP contribution in [0.2, 0.25) is 0 Å². The van der Waals surface area contributed by atoms with E-state index in [-0.39, 0.29) is 21.7 Å². The summed E-state index contributed by atoms with van der Waals surface area (Å²) in [4.78, 5) is 10.7. The molecule has 18 heavy (non-hydrogen) atoms. The van der Waals surface area contributed by atoms with Crippen LogP contribution in [0.5, 0.6) is 5.75 Å². The number of halogens is 2. The van der Waals surface area contributed by atoms with E-state index in [1.165, 1.54) is 25.3 Å². The molecule has 0 saturated carbocycles. The van der Waals surface area contributed by atoms with Gasteiger partial charge in [-0.05, 0) is 22.0 Å². The van der Waals surface area contributed by atoms with E-state index in [2.05, 4.69) is 25.6 Å². The number of methoxy groups -OCH3 is 1. The maximum Gasteiger partial charge on any atom is 0.374 e. The van der Waals surface area contributed by atoms with Gasteiger partial charge < -0.3 is 14.4 Å². The number of aromatic nitrogens is 1. The highest BCUT2D eigenvalue weighted by Crippen LogP contribution is 2.34. The standard InChI is InChI=1S/C11H7BrFNO4/c1-17-9-3-7(13)6(12)2-5(9)8-4-10(11(15)16)18-14-8/h2-4H,1H3,(H,15,16). The molecule has 0 unspecified atom stereocenters. The maximum absolute atomic E-state index is 13.3. The lowest BCUT2D eigenvalue weighted by molar-refractivity contribution is 0.0652. The fourth-order valence-electron chi connectivity index (χ4n) is 1.40. The summed E-state index contributed by atoms with van der Waals surface area (Å²) >= 11 is 3.04. The van der Waals surface area contributed by atoms with Gasteiger partial charge in [-0.3, -0.25) is 0 Å². The van der Waals surface area contributed by atoms with Crippen LogP contribution in [0.3, 0.4) is 0 Å². The monoisotopic (exact) mass is 315 g/mol. The predicted molar refractivity (Wildman–Crippen MR) is 63.1 cm³/mol. The smallest absolute Gasteiger partial charge is 0.374 e. The molecule has 0 aliphatic carbocycles. The van der Waals surface area contributed by atoms with Gasteiger partial charge in [-0.1, -0.05) is 5.16 Å². The van der Waals surface area contributed by atoms with Gasteiger partial charge in [0, 0.05) is 17.7 Å². The molecule has 1 heterocycles. The van der Waals surface area contributed by atoms with Crippen molar-refractivity contribution in [3.05, 3.63) is 34.2 Å². The second kappa shape index (κ2) is 4.77. The maximum atomic E-state index is 13.3. The van der Waals surface area contributed by atoms with Crippen molar-refractivity contribution >= 4 is 21.9 Å². The first-order chi connectivity index (χ1) is 8.52. The van der Waals surface area contributed by atoms with Crippen molar-refractivity contribution < 1.29 is 23.6 Å². The quantitative estimate of drug-likeness (QED) is 0.942. The van der Waals surface area contributed by atoms with E-state index in [0.717, 1.165) is 0 Å². The van der Waals surface area contributed by atoms with Gasteiger partial charge in [-0.25, -0.2) is 9.18 Å². The number of ether oxygens (including phenoxy) is 1. The summed E-state index contributed by atoms with van der Waals surface area (Å²) in [5.41, 5.74) is 0.687. The molecule has 7 heteroatoms. The van der Waals surface area contributed by atoms with Crippen molar-refractivity contribution in [1.82, 2.24) is 5.16 Å².